The van der Waals surface area contributed by atoms with E-state index in [0.29, 0.717) is 6.42 Å². The van der Waals surface area contributed by atoms with E-state index in [4.69, 9.17) is 4.74 Å². The Balaban J connectivity index is 1.91. The van der Waals surface area contributed by atoms with Crippen LogP contribution in [0.3, 0.4) is 0 Å². The first-order valence-electron chi connectivity index (χ1n) is 6.90. The van der Waals surface area contributed by atoms with Crippen LogP contribution in [0.25, 0.3) is 0 Å². The Morgan fingerprint density at radius 2 is 1.95 bits per heavy atom. The van der Waals surface area contributed by atoms with Gasteiger partial charge in [-0.05, 0) is 31.0 Å². The minimum Gasteiger partial charge on any atom is -0.459 e. The van der Waals surface area contributed by atoms with Crippen molar-refractivity contribution in [3.63, 3.8) is 0 Å². The molecular formula is C15H17BrN2O4. The minimum absolute atomic E-state index is 0.0980. The third-order valence-electron chi connectivity index (χ3n) is 3.65. The van der Waals surface area contributed by atoms with E-state index in [1.807, 2.05) is 24.3 Å². The van der Waals surface area contributed by atoms with Gasteiger partial charge in [-0.15, -0.1) is 0 Å². The Hall–Kier alpha value is -1.89. The summed E-state index contributed by atoms with van der Waals surface area (Å²) in [6.07, 6.45) is 0.460. The number of halogens is 1. The highest BCUT2D eigenvalue weighted by molar-refractivity contribution is 9.10. The molecule has 1 aromatic rings. The maximum atomic E-state index is 12.1. The van der Waals surface area contributed by atoms with Crippen molar-refractivity contribution in [3.05, 3.63) is 34.3 Å². The Kier molecular flexibility index (Phi) is 4.85. The average molecular weight is 369 g/mol. The largest absolute Gasteiger partial charge is 0.459 e. The molecule has 1 aromatic carbocycles. The lowest BCUT2D eigenvalue weighted by Crippen LogP contribution is -2.43. The number of imide groups is 1. The molecule has 1 saturated heterocycles. The number of urea groups is 1. The number of carbonyl (C=O) groups excluding carboxylic acids is 3. The van der Waals surface area contributed by atoms with Crippen molar-refractivity contribution in [1.82, 2.24) is 10.2 Å². The summed E-state index contributed by atoms with van der Waals surface area (Å²) in [5, 5.41) is 2.59. The molecule has 2 rings (SSSR count). The third-order valence-corrected chi connectivity index (χ3v) is 4.18. The predicted octanol–water partition coefficient (Wildman–Crippen LogP) is 2.21. The molecule has 1 aliphatic rings. The molecule has 1 N–H and O–H groups in total. The van der Waals surface area contributed by atoms with Crippen LogP contribution in [-0.4, -0.2) is 34.9 Å². The van der Waals surface area contributed by atoms with Gasteiger partial charge in [0.2, 0.25) is 0 Å². The topological polar surface area (TPSA) is 75.7 Å². The van der Waals surface area contributed by atoms with Crippen LogP contribution in [0, 0.1) is 0 Å². The van der Waals surface area contributed by atoms with Gasteiger partial charge in [0, 0.05) is 4.47 Å². The van der Waals surface area contributed by atoms with Gasteiger partial charge in [-0.3, -0.25) is 14.5 Å². The second kappa shape index (κ2) is 6.48. The molecule has 0 radical (unpaired) electrons. The lowest BCUT2D eigenvalue weighted by Gasteiger charge is -2.18. The summed E-state index contributed by atoms with van der Waals surface area (Å²) in [7, 11) is 0. The molecule has 0 unspecified atom stereocenters. The van der Waals surface area contributed by atoms with Crippen molar-refractivity contribution in [3.8, 4) is 0 Å². The first-order valence-corrected chi connectivity index (χ1v) is 7.69. The first-order chi connectivity index (χ1) is 10.4. The van der Waals surface area contributed by atoms with Gasteiger partial charge in [-0.2, -0.15) is 0 Å². The summed E-state index contributed by atoms with van der Waals surface area (Å²) in [6.45, 7) is 3.16. The molecule has 1 heterocycles. The molecule has 1 fully saturated rings. The third kappa shape index (κ3) is 3.47. The molecule has 22 heavy (non-hydrogen) atoms. The van der Waals surface area contributed by atoms with Crippen molar-refractivity contribution >= 4 is 33.8 Å². The highest BCUT2D eigenvalue weighted by Gasteiger charge is 2.47. The van der Waals surface area contributed by atoms with Crippen molar-refractivity contribution in [2.45, 2.75) is 32.4 Å². The monoisotopic (exact) mass is 368 g/mol. The van der Waals surface area contributed by atoms with Gasteiger partial charge < -0.3 is 10.1 Å². The lowest BCUT2D eigenvalue weighted by molar-refractivity contribution is -0.148. The number of amides is 3. The predicted molar refractivity (Wildman–Crippen MR) is 82.9 cm³/mol. The molecule has 6 nitrogen and oxygen atoms in total. The van der Waals surface area contributed by atoms with Crippen LogP contribution in [0.2, 0.25) is 0 Å². The normalized spacial score (nSPS) is 21.0. The number of nitrogens with one attached hydrogen (secondary N) is 1. The van der Waals surface area contributed by atoms with Gasteiger partial charge >= 0.3 is 12.0 Å². The van der Waals surface area contributed by atoms with Crippen LogP contribution in [-0.2, 0) is 20.9 Å². The maximum absolute atomic E-state index is 12.1. The van der Waals surface area contributed by atoms with Gasteiger partial charge in [0.15, 0.2) is 0 Å². The zero-order chi connectivity index (χ0) is 16.3. The number of benzene rings is 1. The number of carbonyl (C=O) groups is 3. The van der Waals surface area contributed by atoms with Gasteiger partial charge in [-0.25, -0.2) is 4.79 Å². The molecule has 0 aliphatic carbocycles. The number of esters is 1. The van der Waals surface area contributed by atoms with E-state index in [0.717, 1.165) is 14.9 Å². The number of ether oxygens (including phenoxy) is 1. The average Bonchev–Trinajstić information content (AvgIpc) is 2.71. The van der Waals surface area contributed by atoms with Crippen LogP contribution in [0.5, 0.6) is 0 Å². The van der Waals surface area contributed by atoms with E-state index >= 15 is 0 Å². The van der Waals surface area contributed by atoms with Gasteiger partial charge in [0.1, 0.15) is 18.7 Å². The molecular weight excluding hydrogens is 352 g/mol. The van der Waals surface area contributed by atoms with Crippen molar-refractivity contribution in [2.24, 2.45) is 0 Å². The summed E-state index contributed by atoms with van der Waals surface area (Å²) in [6, 6.07) is 6.76. The quantitative estimate of drug-likeness (QED) is 0.638. The van der Waals surface area contributed by atoms with Gasteiger partial charge in [0.05, 0.1) is 0 Å². The second-order valence-electron chi connectivity index (χ2n) is 5.29. The first kappa shape index (κ1) is 16.5. The van der Waals surface area contributed by atoms with E-state index in [-0.39, 0.29) is 13.2 Å². The Labute approximate surface area is 136 Å². The fourth-order valence-electron chi connectivity index (χ4n) is 2.05. The van der Waals surface area contributed by atoms with E-state index in [1.54, 1.807) is 13.8 Å². The van der Waals surface area contributed by atoms with Crippen molar-refractivity contribution in [1.29, 1.82) is 0 Å². The van der Waals surface area contributed by atoms with Crippen LogP contribution in [0.4, 0.5) is 4.79 Å². The van der Waals surface area contributed by atoms with Crippen LogP contribution in [0.1, 0.15) is 25.8 Å². The highest BCUT2D eigenvalue weighted by Crippen LogP contribution is 2.20. The highest BCUT2D eigenvalue weighted by atomic mass is 79.9. The maximum Gasteiger partial charge on any atom is 0.326 e. The zero-order valence-corrected chi connectivity index (χ0v) is 14.0. The fourth-order valence-corrected chi connectivity index (χ4v) is 2.31. The van der Waals surface area contributed by atoms with Crippen LogP contribution < -0.4 is 5.32 Å². The Bertz CT molecular complexity index is 602. The summed E-state index contributed by atoms with van der Waals surface area (Å²) < 4.78 is 6.03. The van der Waals surface area contributed by atoms with Crippen molar-refractivity contribution < 1.29 is 19.1 Å². The van der Waals surface area contributed by atoms with Crippen molar-refractivity contribution in [2.75, 3.05) is 6.54 Å². The fraction of sp³-hybridized carbons (Fsp3) is 0.400. The molecule has 0 saturated carbocycles. The number of hydrogen-bond acceptors (Lipinski definition) is 4. The summed E-state index contributed by atoms with van der Waals surface area (Å²) >= 11 is 3.32. The van der Waals surface area contributed by atoms with E-state index in [1.165, 1.54) is 0 Å². The number of rotatable bonds is 5. The van der Waals surface area contributed by atoms with E-state index in [9.17, 15) is 14.4 Å². The number of hydrogen-bond donors (Lipinski definition) is 1. The second-order valence-corrected chi connectivity index (χ2v) is 6.21. The molecule has 7 heteroatoms. The van der Waals surface area contributed by atoms with Gasteiger partial charge in [0.25, 0.3) is 5.91 Å². The van der Waals surface area contributed by atoms with E-state index < -0.39 is 23.4 Å². The van der Waals surface area contributed by atoms with Crippen LogP contribution in [0.15, 0.2) is 28.7 Å². The number of nitrogens with zero attached hydrogens (tertiary/aromatic N) is 1. The van der Waals surface area contributed by atoms with Crippen LogP contribution >= 0.6 is 15.9 Å². The zero-order valence-electron chi connectivity index (χ0n) is 12.4. The molecule has 3 amide bonds. The smallest absolute Gasteiger partial charge is 0.326 e. The Morgan fingerprint density at radius 1 is 1.32 bits per heavy atom. The minimum atomic E-state index is -0.941. The standard InChI is InChI=1S/C15H17BrN2O4/c1-3-15(2)13(20)18(14(21)17-15)8-12(19)22-9-10-4-6-11(16)7-5-10/h4-7H,3,8-9H2,1-2H3,(H,17,21)/t15-/m0/s1. The molecule has 0 aromatic heterocycles. The SMILES string of the molecule is CC[C@]1(C)NC(=O)N(CC(=O)OCc2ccc(Br)cc2)C1=O. The summed E-state index contributed by atoms with van der Waals surface area (Å²) in [5.74, 6) is -1.02. The molecule has 0 spiro atoms. The van der Waals surface area contributed by atoms with Gasteiger partial charge in [-0.1, -0.05) is 35.0 Å². The molecule has 118 valence electrons. The molecule has 0 bridgehead atoms. The lowest BCUT2D eigenvalue weighted by atomic mass is 9.99. The molecule has 1 aliphatic heterocycles. The van der Waals surface area contributed by atoms with E-state index in [2.05, 4.69) is 21.2 Å². The Morgan fingerprint density at radius 3 is 2.50 bits per heavy atom. The summed E-state index contributed by atoms with van der Waals surface area (Å²) in [5.41, 5.74) is -0.115. The summed E-state index contributed by atoms with van der Waals surface area (Å²) in [4.78, 5) is 36.7. The molecule has 1 atom stereocenters.